The Kier molecular flexibility index (Phi) is 6.04. The highest BCUT2D eigenvalue weighted by Crippen LogP contribution is 2.13. The number of sulfonamides is 1. The predicted octanol–water partition coefficient (Wildman–Crippen LogP) is 0.327. The highest BCUT2D eigenvalue weighted by atomic mass is 32.2. The number of nitrogens with two attached hydrogens (primary N) is 1. The minimum absolute atomic E-state index is 0.327. The van der Waals surface area contributed by atoms with Crippen LogP contribution in [-0.4, -0.2) is 62.1 Å². The van der Waals surface area contributed by atoms with Crippen LogP contribution in [0.3, 0.4) is 0 Å². The fourth-order valence-electron chi connectivity index (χ4n) is 2.20. The van der Waals surface area contributed by atoms with Gasteiger partial charge in [0.15, 0.2) is 0 Å². The molecule has 18 heavy (non-hydrogen) atoms. The van der Waals surface area contributed by atoms with E-state index in [1.807, 2.05) is 0 Å². The van der Waals surface area contributed by atoms with Gasteiger partial charge in [0.05, 0.1) is 5.25 Å². The second-order valence-corrected chi connectivity index (χ2v) is 7.98. The molecule has 0 bridgehead atoms. The van der Waals surface area contributed by atoms with Gasteiger partial charge >= 0.3 is 0 Å². The van der Waals surface area contributed by atoms with Crippen molar-refractivity contribution in [1.82, 2.24) is 9.21 Å². The summed E-state index contributed by atoms with van der Waals surface area (Å²) in [6.07, 6.45) is 0.906. The Morgan fingerprint density at radius 2 is 1.78 bits per heavy atom. The summed E-state index contributed by atoms with van der Waals surface area (Å²) in [5, 5.41) is -0.327. The van der Waals surface area contributed by atoms with E-state index >= 15 is 0 Å². The van der Waals surface area contributed by atoms with Crippen molar-refractivity contribution >= 4 is 10.0 Å². The van der Waals surface area contributed by atoms with Gasteiger partial charge in [-0.05, 0) is 39.3 Å². The molecule has 1 fully saturated rings. The fraction of sp³-hybridized carbons (Fsp3) is 1.00. The van der Waals surface area contributed by atoms with Gasteiger partial charge in [-0.25, -0.2) is 12.7 Å². The van der Waals surface area contributed by atoms with Crippen molar-refractivity contribution in [3.05, 3.63) is 0 Å². The average Bonchev–Trinajstić information content (AvgIpc) is 2.54. The molecule has 0 aromatic rings. The fourth-order valence-corrected chi connectivity index (χ4v) is 3.51. The van der Waals surface area contributed by atoms with Gasteiger partial charge in [-0.2, -0.15) is 0 Å². The normalized spacial score (nSPS) is 22.1. The number of nitrogens with zero attached hydrogens (tertiary/aromatic N) is 2. The molecule has 1 rings (SSSR count). The van der Waals surface area contributed by atoms with Crippen molar-refractivity contribution in [1.29, 1.82) is 0 Å². The van der Waals surface area contributed by atoms with Gasteiger partial charge in [-0.1, -0.05) is 6.92 Å². The molecule has 1 aliphatic heterocycles. The third kappa shape index (κ3) is 4.19. The highest BCUT2D eigenvalue weighted by Gasteiger charge is 2.27. The molecule has 0 aromatic carbocycles. The van der Waals surface area contributed by atoms with Crippen LogP contribution in [0.5, 0.6) is 0 Å². The predicted molar refractivity (Wildman–Crippen MR) is 74.9 cm³/mol. The van der Waals surface area contributed by atoms with Crippen LogP contribution in [0.1, 0.15) is 27.2 Å². The molecule has 0 saturated carbocycles. The van der Waals surface area contributed by atoms with E-state index in [9.17, 15) is 8.42 Å². The molecule has 0 radical (unpaired) electrons. The van der Waals surface area contributed by atoms with Crippen LogP contribution in [-0.2, 0) is 10.0 Å². The molecular weight excluding hydrogens is 250 g/mol. The molecule has 0 aliphatic carbocycles. The van der Waals surface area contributed by atoms with Crippen molar-refractivity contribution in [3.8, 4) is 0 Å². The SMILES string of the molecule is CC(CN)CN1CCCN(S(=O)(=O)C(C)C)CC1. The molecule has 1 unspecified atom stereocenters. The molecule has 0 amide bonds. The second kappa shape index (κ2) is 6.84. The molecule has 1 heterocycles. The van der Waals surface area contributed by atoms with Crippen LogP contribution in [0.4, 0.5) is 0 Å². The van der Waals surface area contributed by atoms with Gasteiger partial charge in [-0.3, -0.25) is 0 Å². The Morgan fingerprint density at radius 3 is 2.33 bits per heavy atom. The smallest absolute Gasteiger partial charge is 0.216 e. The summed E-state index contributed by atoms with van der Waals surface area (Å²) >= 11 is 0. The van der Waals surface area contributed by atoms with Crippen LogP contribution in [0.15, 0.2) is 0 Å². The quantitative estimate of drug-likeness (QED) is 0.786. The number of rotatable bonds is 5. The van der Waals surface area contributed by atoms with Crippen molar-refractivity contribution < 1.29 is 8.42 Å². The van der Waals surface area contributed by atoms with E-state index in [4.69, 9.17) is 5.73 Å². The first-order valence-corrected chi connectivity index (χ1v) is 8.29. The van der Waals surface area contributed by atoms with Crippen LogP contribution >= 0.6 is 0 Å². The summed E-state index contributed by atoms with van der Waals surface area (Å²) in [5.74, 6) is 0.471. The second-order valence-electron chi connectivity index (χ2n) is 5.49. The summed E-state index contributed by atoms with van der Waals surface area (Å²) in [7, 11) is -3.10. The van der Waals surface area contributed by atoms with Crippen LogP contribution in [0.2, 0.25) is 0 Å². The highest BCUT2D eigenvalue weighted by molar-refractivity contribution is 7.89. The van der Waals surface area contributed by atoms with Crippen LogP contribution < -0.4 is 5.73 Å². The third-order valence-corrected chi connectivity index (χ3v) is 5.75. The zero-order valence-electron chi connectivity index (χ0n) is 11.8. The molecule has 108 valence electrons. The van der Waals surface area contributed by atoms with Gasteiger partial charge in [0.25, 0.3) is 0 Å². The molecule has 1 atom stereocenters. The maximum absolute atomic E-state index is 12.1. The summed E-state index contributed by atoms with van der Waals surface area (Å²) < 4.78 is 25.9. The van der Waals surface area contributed by atoms with E-state index in [0.29, 0.717) is 25.6 Å². The number of hydrogen-bond donors (Lipinski definition) is 1. The average molecular weight is 277 g/mol. The molecule has 0 spiro atoms. The molecule has 1 saturated heterocycles. The monoisotopic (exact) mass is 277 g/mol. The van der Waals surface area contributed by atoms with E-state index in [-0.39, 0.29) is 5.25 Å². The first-order chi connectivity index (χ1) is 8.37. The van der Waals surface area contributed by atoms with E-state index in [1.165, 1.54) is 0 Å². The first kappa shape index (κ1) is 15.9. The lowest BCUT2D eigenvalue weighted by Crippen LogP contribution is -2.39. The molecular formula is C12H27N3O2S. The van der Waals surface area contributed by atoms with Gasteiger partial charge in [0.2, 0.25) is 10.0 Å². The topological polar surface area (TPSA) is 66.6 Å². The minimum Gasteiger partial charge on any atom is -0.330 e. The van der Waals surface area contributed by atoms with E-state index in [1.54, 1.807) is 18.2 Å². The van der Waals surface area contributed by atoms with Crippen LogP contribution in [0, 0.1) is 5.92 Å². The first-order valence-electron chi connectivity index (χ1n) is 6.79. The lowest BCUT2D eigenvalue weighted by molar-refractivity contribution is 0.250. The summed E-state index contributed by atoms with van der Waals surface area (Å²) in [6.45, 7) is 10.3. The van der Waals surface area contributed by atoms with Gasteiger partial charge in [-0.15, -0.1) is 0 Å². The molecule has 1 aliphatic rings. The zero-order chi connectivity index (χ0) is 13.8. The maximum Gasteiger partial charge on any atom is 0.216 e. The minimum atomic E-state index is -3.10. The summed E-state index contributed by atoms with van der Waals surface area (Å²) in [6, 6.07) is 0. The third-order valence-electron chi connectivity index (χ3n) is 3.48. The van der Waals surface area contributed by atoms with Crippen molar-refractivity contribution in [3.63, 3.8) is 0 Å². The lowest BCUT2D eigenvalue weighted by atomic mass is 10.1. The van der Waals surface area contributed by atoms with Crippen molar-refractivity contribution in [2.24, 2.45) is 11.7 Å². The number of hydrogen-bond acceptors (Lipinski definition) is 4. The van der Waals surface area contributed by atoms with Crippen molar-refractivity contribution in [2.45, 2.75) is 32.4 Å². The summed E-state index contributed by atoms with van der Waals surface area (Å²) in [5.41, 5.74) is 5.63. The van der Waals surface area contributed by atoms with Gasteiger partial charge in [0.1, 0.15) is 0 Å². The zero-order valence-corrected chi connectivity index (χ0v) is 12.6. The molecule has 5 nitrogen and oxygen atoms in total. The van der Waals surface area contributed by atoms with Gasteiger partial charge in [0, 0.05) is 26.2 Å². The van der Waals surface area contributed by atoms with E-state index < -0.39 is 10.0 Å². The Morgan fingerprint density at radius 1 is 1.11 bits per heavy atom. The molecule has 2 N–H and O–H groups in total. The van der Waals surface area contributed by atoms with E-state index in [2.05, 4.69) is 11.8 Å². The Hall–Kier alpha value is -0.170. The molecule has 0 aromatic heterocycles. The van der Waals surface area contributed by atoms with E-state index in [0.717, 1.165) is 26.1 Å². The summed E-state index contributed by atoms with van der Waals surface area (Å²) in [4.78, 5) is 2.33. The Balaban J connectivity index is 2.56. The Bertz CT molecular complexity index is 343. The van der Waals surface area contributed by atoms with Crippen LogP contribution in [0.25, 0.3) is 0 Å². The van der Waals surface area contributed by atoms with Crippen molar-refractivity contribution in [2.75, 3.05) is 39.3 Å². The lowest BCUT2D eigenvalue weighted by Gasteiger charge is -2.24. The molecule has 6 heteroatoms. The maximum atomic E-state index is 12.1. The standard InChI is InChI=1S/C12H27N3O2S/c1-11(2)18(16,17)15-6-4-5-14(7-8-15)10-12(3)9-13/h11-12H,4-10,13H2,1-3H3. The van der Waals surface area contributed by atoms with Gasteiger partial charge < -0.3 is 10.6 Å². The largest absolute Gasteiger partial charge is 0.330 e. The Labute approximate surface area is 111 Å².